The summed E-state index contributed by atoms with van der Waals surface area (Å²) in [5.74, 6) is 2.23. The van der Waals surface area contributed by atoms with Gasteiger partial charge >= 0.3 is 0 Å². The van der Waals surface area contributed by atoms with Crippen molar-refractivity contribution in [3.05, 3.63) is 29.8 Å². The molecule has 0 atom stereocenters. The summed E-state index contributed by atoms with van der Waals surface area (Å²) in [5, 5.41) is 3.43. The van der Waals surface area contributed by atoms with Gasteiger partial charge in [0.2, 0.25) is 0 Å². The molecule has 0 bridgehead atoms. The molecule has 2 rings (SSSR count). The smallest absolute Gasteiger partial charge is 0.0101 e. The van der Waals surface area contributed by atoms with Crippen LogP contribution in [0.2, 0.25) is 0 Å². The first-order valence-corrected chi connectivity index (χ1v) is 7.24. The van der Waals surface area contributed by atoms with Crippen molar-refractivity contribution in [1.82, 2.24) is 5.32 Å². The van der Waals surface area contributed by atoms with Gasteiger partial charge in [0, 0.05) is 4.90 Å². The van der Waals surface area contributed by atoms with Gasteiger partial charge in [-0.3, -0.25) is 0 Å². The summed E-state index contributed by atoms with van der Waals surface area (Å²) in [5.41, 5.74) is 1.41. The van der Waals surface area contributed by atoms with Gasteiger partial charge in [0.05, 0.1) is 0 Å². The fraction of sp³-hybridized carbons (Fsp3) is 0.571. The molecule has 1 aliphatic heterocycles. The maximum Gasteiger partial charge on any atom is 0.0101 e. The van der Waals surface area contributed by atoms with E-state index >= 15 is 0 Å². The summed E-state index contributed by atoms with van der Waals surface area (Å²) in [6.07, 6.45) is 4.11. The minimum absolute atomic E-state index is 0.956. The zero-order valence-corrected chi connectivity index (χ0v) is 10.9. The van der Waals surface area contributed by atoms with Crippen LogP contribution in [0.15, 0.2) is 29.2 Å². The Morgan fingerprint density at radius 2 is 2.00 bits per heavy atom. The summed E-state index contributed by atoms with van der Waals surface area (Å²) in [6.45, 7) is 4.65. The highest BCUT2D eigenvalue weighted by Crippen LogP contribution is 2.25. The van der Waals surface area contributed by atoms with E-state index in [9.17, 15) is 0 Å². The standard InChI is InChI=1S/C14H21NS/c1-12-4-2-3-5-14(12)16-11-8-13-6-9-15-10-7-13/h2-5,13,15H,6-11H2,1H3. The molecule has 0 aliphatic carbocycles. The van der Waals surface area contributed by atoms with E-state index in [0.717, 1.165) is 5.92 Å². The van der Waals surface area contributed by atoms with E-state index in [2.05, 4.69) is 36.5 Å². The number of nitrogens with one attached hydrogen (secondary N) is 1. The molecule has 2 heteroatoms. The van der Waals surface area contributed by atoms with Gasteiger partial charge < -0.3 is 5.32 Å². The predicted molar refractivity (Wildman–Crippen MR) is 72.1 cm³/mol. The summed E-state index contributed by atoms with van der Waals surface area (Å²) >= 11 is 2.02. The summed E-state index contributed by atoms with van der Waals surface area (Å²) in [4.78, 5) is 1.46. The fourth-order valence-electron chi connectivity index (χ4n) is 2.22. The van der Waals surface area contributed by atoms with Crippen LogP contribution >= 0.6 is 11.8 Å². The van der Waals surface area contributed by atoms with Gasteiger partial charge in [-0.05, 0) is 62.6 Å². The monoisotopic (exact) mass is 235 g/mol. The largest absolute Gasteiger partial charge is 0.317 e. The molecular formula is C14H21NS. The number of thioether (sulfide) groups is 1. The van der Waals surface area contributed by atoms with Crippen molar-refractivity contribution in [3.63, 3.8) is 0 Å². The lowest BCUT2D eigenvalue weighted by molar-refractivity contribution is 0.367. The minimum Gasteiger partial charge on any atom is -0.317 e. The summed E-state index contributed by atoms with van der Waals surface area (Å²) < 4.78 is 0. The van der Waals surface area contributed by atoms with E-state index in [1.165, 1.54) is 48.6 Å². The first-order valence-electron chi connectivity index (χ1n) is 6.25. The van der Waals surface area contributed by atoms with Gasteiger partial charge in [0.15, 0.2) is 0 Å². The van der Waals surface area contributed by atoms with Crippen molar-refractivity contribution >= 4 is 11.8 Å². The first-order chi connectivity index (χ1) is 7.86. The van der Waals surface area contributed by atoms with Crippen LogP contribution in [0.4, 0.5) is 0 Å². The molecule has 0 aromatic heterocycles. The van der Waals surface area contributed by atoms with E-state index < -0.39 is 0 Å². The molecule has 1 fully saturated rings. The van der Waals surface area contributed by atoms with Crippen LogP contribution in [0.3, 0.4) is 0 Å². The van der Waals surface area contributed by atoms with Crippen molar-refractivity contribution < 1.29 is 0 Å². The Labute approximate surface area is 103 Å². The van der Waals surface area contributed by atoms with E-state index in [0.29, 0.717) is 0 Å². The molecule has 0 spiro atoms. The third-order valence-electron chi connectivity index (χ3n) is 3.34. The van der Waals surface area contributed by atoms with Crippen LogP contribution in [0.25, 0.3) is 0 Å². The van der Waals surface area contributed by atoms with Gasteiger partial charge in [0.1, 0.15) is 0 Å². The van der Waals surface area contributed by atoms with Crippen LogP contribution in [0.1, 0.15) is 24.8 Å². The number of hydrogen-bond acceptors (Lipinski definition) is 2. The lowest BCUT2D eigenvalue weighted by atomic mass is 9.96. The highest BCUT2D eigenvalue weighted by molar-refractivity contribution is 7.99. The van der Waals surface area contributed by atoms with Crippen molar-refractivity contribution in [1.29, 1.82) is 0 Å². The number of benzene rings is 1. The van der Waals surface area contributed by atoms with Crippen molar-refractivity contribution in [3.8, 4) is 0 Å². The second-order valence-corrected chi connectivity index (χ2v) is 5.73. The van der Waals surface area contributed by atoms with Gasteiger partial charge in [-0.15, -0.1) is 11.8 Å². The Hall–Kier alpha value is -0.470. The third kappa shape index (κ3) is 3.53. The quantitative estimate of drug-likeness (QED) is 0.802. The average molecular weight is 235 g/mol. The minimum atomic E-state index is 0.956. The second kappa shape index (κ2) is 6.31. The Morgan fingerprint density at radius 1 is 1.25 bits per heavy atom. The van der Waals surface area contributed by atoms with Crippen molar-refractivity contribution in [2.45, 2.75) is 31.1 Å². The molecule has 1 saturated heterocycles. The highest BCUT2D eigenvalue weighted by atomic mass is 32.2. The number of piperidine rings is 1. The van der Waals surface area contributed by atoms with Gasteiger partial charge in [-0.25, -0.2) is 0 Å². The van der Waals surface area contributed by atoms with Crippen LogP contribution in [0.5, 0.6) is 0 Å². The molecule has 0 radical (unpaired) electrons. The van der Waals surface area contributed by atoms with E-state index in [1.807, 2.05) is 11.8 Å². The highest BCUT2D eigenvalue weighted by Gasteiger charge is 2.12. The zero-order chi connectivity index (χ0) is 11.2. The fourth-order valence-corrected chi connectivity index (χ4v) is 3.37. The number of rotatable bonds is 4. The van der Waals surface area contributed by atoms with E-state index in [1.54, 1.807) is 0 Å². The molecule has 88 valence electrons. The molecule has 1 aromatic carbocycles. The van der Waals surface area contributed by atoms with Crippen molar-refractivity contribution in [2.75, 3.05) is 18.8 Å². The van der Waals surface area contributed by atoms with E-state index in [4.69, 9.17) is 0 Å². The molecule has 1 N–H and O–H groups in total. The Kier molecular flexibility index (Phi) is 4.73. The SMILES string of the molecule is Cc1ccccc1SCCC1CCNCC1. The molecule has 1 heterocycles. The molecule has 1 nitrogen and oxygen atoms in total. The molecule has 1 aromatic rings. The van der Waals surface area contributed by atoms with Crippen LogP contribution in [-0.4, -0.2) is 18.8 Å². The third-order valence-corrected chi connectivity index (χ3v) is 4.54. The predicted octanol–water partition coefficient (Wildman–Crippen LogP) is 3.48. The Balaban J connectivity index is 1.73. The maximum atomic E-state index is 3.43. The molecule has 0 amide bonds. The van der Waals surface area contributed by atoms with Gasteiger partial charge in [-0.1, -0.05) is 18.2 Å². The molecule has 1 aliphatic rings. The molecule has 16 heavy (non-hydrogen) atoms. The second-order valence-electron chi connectivity index (χ2n) is 4.60. The number of aryl methyl sites for hydroxylation is 1. The Bertz CT molecular complexity index is 318. The van der Waals surface area contributed by atoms with Crippen LogP contribution in [-0.2, 0) is 0 Å². The number of hydrogen-bond donors (Lipinski definition) is 1. The molecule has 0 saturated carbocycles. The summed E-state index contributed by atoms with van der Waals surface area (Å²) in [7, 11) is 0. The lowest BCUT2D eigenvalue weighted by Crippen LogP contribution is -2.27. The van der Waals surface area contributed by atoms with Crippen LogP contribution < -0.4 is 5.32 Å². The molecule has 0 unspecified atom stereocenters. The maximum absolute atomic E-state index is 3.43. The normalized spacial score (nSPS) is 17.6. The first kappa shape index (κ1) is 12.0. The molecular weight excluding hydrogens is 214 g/mol. The van der Waals surface area contributed by atoms with Gasteiger partial charge in [0.25, 0.3) is 0 Å². The van der Waals surface area contributed by atoms with Crippen LogP contribution in [0, 0.1) is 12.8 Å². The summed E-state index contributed by atoms with van der Waals surface area (Å²) in [6, 6.07) is 8.70. The van der Waals surface area contributed by atoms with Crippen molar-refractivity contribution in [2.24, 2.45) is 5.92 Å². The Morgan fingerprint density at radius 3 is 2.75 bits per heavy atom. The van der Waals surface area contributed by atoms with Gasteiger partial charge in [-0.2, -0.15) is 0 Å². The lowest BCUT2D eigenvalue weighted by Gasteiger charge is -2.22. The average Bonchev–Trinajstić information content (AvgIpc) is 2.33. The van der Waals surface area contributed by atoms with E-state index in [-0.39, 0.29) is 0 Å². The zero-order valence-electron chi connectivity index (χ0n) is 10.0. The topological polar surface area (TPSA) is 12.0 Å².